The van der Waals surface area contributed by atoms with Crippen molar-refractivity contribution in [2.24, 2.45) is 23.7 Å². The molecule has 1 spiro atoms. The summed E-state index contributed by atoms with van der Waals surface area (Å²) in [5, 5.41) is 34.2. The number of rotatable bonds is 8. The minimum Gasteiger partial charge on any atom is -0.462 e. The summed E-state index contributed by atoms with van der Waals surface area (Å²) in [5.74, 6) is -2.10. The molecule has 1 aliphatic carbocycles. The van der Waals surface area contributed by atoms with Gasteiger partial charge in [-0.15, -0.1) is 0 Å². The van der Waals surface area contributed by atoms with Crippen molar-refractivity contribution in [2.75, 3.05) is 20.8 Å². The van der Waals surface area contributed by atoms with Crippen molar-refractivity contribution in [1.29, 1.82) is 0 Å². The summed E-state index contributed by atoms with van der Waals surface area (Å²) < 4.78 is 63.9. The van der Waals surface area contributed by atoms with Crippen molar-refractivity contribution in [3.63, 3.8) is 0 Å². The van der Waals surface area contributed by atoms with Gasteiger partial charge in [-0.05, 0) is 69.1 Å². The first-order chi connectivity index (χ1) is 29.5. The zero-order valence-electron chi connectivity index (χ0n) is 38.5. The van der Waals surface area contributed by atoms with Gasteiger partial charge < -0.3 is 62.7 Å². The van der Waals surface area contributed by atoms with Crippen LogP contribution in [0.1, 0.15) is 107 Å². The highest BCUT2D eigenvalue weighted by atomic mass is 16.7. The molecule has 5 saturated heterocycles. The van der Waals surface area contributed by atoms with Gasteiger partial charge in [0, 0.05) is 52.2 Å². The molecule has 0 unspecified atom stereocenters. The van der Waals surface area contributed by atoms with Crippen LogP contribution in [0.2, 0.25) is 0 Å². The largest absolute Gasteiger partial charge is 0.462 e. The number of carbonyl (C=O) groups is 1. The highest BCUT2D eigenvalue weighted by Crippen LogP contribution is 2.48. The lowest BCUT2D eigenvalue weighted by Gasteiger charge is -2.51. The van der Waals surface area contributed by atoms with Crippen molar-refractivity contribution in [1.82, 2.24) is 0 Å². The summed E-state index contributed by atoms with van der Waals surface area (Å²) in [6.45, 7) is 16.3. The molecular formula is C48H74O14. The van der Waals surface area contributed by atoms with E-state index in [1.807, 2.05) is 19.1 Å². The summed E-state index contributed by atoms with van der Waals surface area (Å²) in [5.41, 5.74) is 0.188. The number of allylic oxidation sites excluding steroid dienone is 2. The summed E-state index contributed by atoms with van der Waals surface area (Å²) in [7, 11) is 3.23. The van der Waals surface area contributed by atoms with Gasteiger partial charge in [-0.25, -0.2) is 0 Å². The Bertz CT molecular complexity index is 1680. The molecule has 0 amide bonds. The molecule has 6 heterocycles. The Morgan fingerprint density at radius 3 is 2.35 bits per heavy atom. The first kappa shape index (κ1) is 47.9. The first-order valence-corrected chi connectivity index (χ1v) is 23.2. The topological polar surface area (TPSA) is 170 Å². The molecule has 7 rings (SSSR count). The quantitative estimate of drug-likeness (QED) is 0.204. The standard InChI is InChI=1S/C48H74O14/c1-11-25(2)43-28(5)17-18-47(62-43)23-34-20-33(61-47)16-15-27(4)42(26(3)13-12-14-32-24-55-45-40(49)29(6)19-35(46(51)58-34)48(32,45)52)59-39-22-37(54-10)44(31(8)57-39)60-38-21-36(53-9)41(50)30(7)56-38/h12-15,19,25-26,28,30-31,33-45,49-50,52H,11,16-18,20-24H2,1-10H3/b13-12+,27-15+,32-14+/t25-,26-,28-,30-,31-,33+,34-,35+,36-,37-,38-,39-,40+,41-,42-,43-,44-,45+,47+,48+/m0/s1. The van der Waals surface area contributed by atoms with Gasteiger partial charge in [0.15, 0.2) is 18.4 Å². The molecule has 0 aromatic heterocycles. The maximum Gasteiger partial charge on any atom is 0.316 e. The highest BCUT2D eigenvalue weighted by Gasteiger charge is 2.60. The molecule has 14 nitrogen and oxygen atoms in total. The smallest absolute Gasteiger partial charge is 0.316 e. The van der Waals surface area contributed by atoms with Crippen LogP contribution < -0.4 is 0 Å². The van der Waals surface area contributed by atoms with Crippen LogP contribution in [0.25, 0.3) is 0 Å². The van der Waals surface area contributed by atoms with E-state index in [1.54, 1.807) is 40.2 Å². The van der Waals surface area contributed by atoms with E-state index in [1.165, 1.54) is 0 Å². The predicted octanol–water partition coefficient (Wildman–Crippen LogP) is 5.60. The summed E-state index contributed by atoms with van der Waals surface area (Å²) in [6, 6.07) is 0. The van der Waals surface area contributed by atoms with Gasteiger partial charge in [-0.2, -0.15) is 0 Å². The molecule has 20 atom stereocenters. The maximum atomic E-state index is 14.4. The summed E-state index contributed by atoms with van der Waals surface area (Å²) >= 11 is 0. The van der Waals surface area contributed by atoms with Crippen molar-refractivity contribution in [3.8, 4) is 0 Å². The molecule has 0 aromatic rings. The Morgan fingerprint density at radius 2 is 1.63 bits per heavy atom. The normalized spacial score (nSPS) is 49.4. The van der Waals surface area contributed by atoms with Crippen LogP contribution in [0, 0.1) is 23.7 Å². The van der Waals surface area contributed by atoms with E-state index in [4.69, 9.17) is 47.4 Å². The van der Waals surface area contributed by atoms with E-state index in [0.717, 1.165) is 18.4 Å². The lowest BCUT2D eigenvalue weighted by atomic mass is 9.71. The van der Waals surface area contributed by atoms with Gasteiger partial charge in [0.05, 0.1) is 49.3 Å². The number of hydrogen-bond donors (Lipinski definition) is 3. The van der Waals surface area contributed by atoms with Crippen LogP contribution >= 0.6 is 0 Å². The molecule has 14 heteroatoms. The number of ether oxygens (including phenoxy) is 10. The molecule has 62 heavy (non-hydrogen) atoms. The number of esters is 1. The highest BCUT2D eigenvalue weighted by molar-refractivity contribution is 5.78. The third-order valence-electron chi connectivity index (χ3n) is 14.9. The van der Waals surface area contributed by atoms with Crippen LogP contribution in [-0.2, 0) is 52.2 Å². The zero-order chi connectivity index (χ0) is 44.7. The zero-order valence-corrected chi connectivity index (χ0v) is 38.5. The van der Waals surface area contributed by atoms with Crippen molar-refractivity contribution >= 4 is 5.97 Å². The Morgan fingerprint density at radius 1 is 0.919 bits per heavy atom. The minimum atomic E-state index is -1.82. The van der Waals surface area contributed by atoms with E-state index in [2.05, 4.69) is 40.7 Å². The molecular weight excluding hydrogens is 801 g/mol. The third-order valence-corrected chi connectivity index (χ3v) is 14.9. The number of aliphatic hydroxyl groups is 3. The van der Waals surface area contributed by atoms with Crippen LogP contribution in [0.5, 0.6) is 0 Å². The minimum absolute atomic E-state index is 0.00708. The fourth-order valence-corrected chi connectivity index (χ4v) is 11.0. The SMILES string of the molecule is CC[C@H](C)[C@@H]1O[C@]2(CC[C@@H]1C)C[C@@H]1C[C@@H](C/C=C(\C)[C@@H](O[C@H]3C[C@H](OC)[C@@H](O[C@H]4C[C@H](OC)[C@@H](O)[C@H](C)O4)[C@H](C)O3)[C@@H](C)/C=C/C=C3\CO[C@@H]4[C@H](O)C(C)=C[C@H](C(=O)O1)[C@]34O)O2. The van der Waals surface area contributed by atoms with Gasteiger partial charge in [-0.3, -0.25) is 4.79 Å². The monoisotopic (exact) mass is 875 g/mol. The Labute approximate surface area is 368 Å². The summed E-state index contributed by atoms with van der Waals surface area (Å²) in [4.78, 5) is 14.4. The lowest BCUT2D eigenvalue weighted by Crippen LogP contribution is -2.58. The van der Waals surface area contributed by atoms with Gasteiger partial charge in [0.1, 0.15) is 42.0 Å². The second-order valence-corrected chi connectivity index (χ2v) is 19.4. The number of carbonyl (C=O) groups excluding carboxylic acids is 1. The van der Waals surface area contributed by atoms with E-state index in [-0.39, 0.29) is 30.8 Å². The van der Waals surface area contributed by atoms with Crippen molar-refractivity contribution < 1.29 is 67.5 Å². The molecule has 0 saturated carbocycles. The molecule has 350 valence electrons. The van der Waals surface area contributed by atoms with Crippen LogP contribution in [-0.4, -0.2) is 139 Å². The number of hydrogen-bond acceptors (Lipinski definition) is 14. The van der Waals surface area contributed by atoms with E-state index in [9.17, 15) is 20.1 Å². The molecule has 0 radical (unpaired) electrons. The average molecular weight is 875 g/mol. The summed E-state index contributed by atoms with van der Waals surface area (Å²) in [6.07, 6.45) is 6.53. The Kier molecular flexibility index (Phi) is 15.3. The van der Waals surface area contributed by atoms with Gasteiger partial charge in [0.25, 0.3) is 0 Å². The second kappa shape index (κ2) is 19.8. The maximum absolute atomic E-state index is 14.4. The van der Waals surface area contributed by atoms with Crippen LogP contribution in [0.15, 0.2) is 47.1 Å². The molecule has 2 bridgehead atoms. The van der Waals surface area contributed by atoms with E-state index >= 15 is 0 Å². The third kappa shape index (κ3) is 9.73. The number of aliphatic hydroxyl groups excluding tert-OH is 2. The number of methoxy groups -OCH3 is 2. The predicted molar refractivity (Wildman–Crippen MR) is 227 cm³/mol. The van der Waals surface area contributed by atoms with Crippen LogP contribution in [0.3, 0.4) is 0 Å². The Hall–Kier alpha value is -2.05. The van der Waals surface area contributed by atoms with Crippen molar-refractivity contribution in [3.05, 3.63) is 47.1 Å². The molecule has 5 fully saturated rings. The van der Waals surface area contributed by atoms with Gasteiger partial charge in [-0.1, -0.05) is 64.5 Å². The number of fused-ring (bicyclic) bond motifs is 2. The second-order valence-electron chi connectivity index (χ2n) is 19.4. The lowest BCUT2D eigenvalue weighted by molar-refractivity contribution is -0.340. The molecule has 7 aliphatic rings. The van der Waals surface area contributed by atoms with Crippen molar-refractivity contribution in [2.45, 2.75) is 204 Å². The average Bonchev–Trinajstić information content (AvgIpc) is 3.58. The van der Waals surface area contributed by atoms with E-state index < -0.39 is 90.8 Å². The van der Waals surface area contributed by atoms with Gasteiger partial charge in [0.2, 0.25) is 0 Å². The molecule has 3 N–H and O–H groups in total. The fourth-order valence-electron chi connectivity index (χ4n) is 11.0. The van der Waals surface area contributed by atoms with Gasteiger partial charge >= 0.3 is 5.97 Å². The molecule has 0 aromatic carbocycles. The fraction of sp³-hybridized carbons (Fsp3) is 0.812. The molecule has 6 aliphatic heterocycles. The Balaban J connectivity index is 1.18. The van der Waals surface area contributed by atoms with E-state index in [0.29, 0.717) is 61.5 Å². The van der Waals surface area contributed by atoms with Crippen LogP contribution in [0.4, 0.5) is 0 Å². The first-order valence-electron chi connectivity index (χ1n) is 23.2.